The fourth-order valence-corrected chi connectivity index (χ4v) is 3.54. The normalized spacial score (nSPS) is 17.5. The third-order valence-corrected chi connectivity index (χ3v) is 4.95. The Bertz CT molecular complexity index is 933. The summed E-state index contributed by atoms with van der Waals surface area (Å²) in [5.74, 6) is 0.787. The summed E-state index contributed by atoms with van der Waals surface area (Å²) >= 11 is 0. The van der Waals surface area contributed by atoms with Gasteiger partial charge in [0.1, 0.15) is 11.9 Å². The van der Waals surface area contributed by atoms with Gasteiger partial charge in [-0.1, -0.05) is 30.3 Å². The minimum atomic E-state index is -0.0848. The molecule has 0 bridgehead atoms. The molecule has 1 atom stereocenters. The number of hydrogen-bond acceptors (Lipinski definition) is 3. The van der Waals surface area contributed by atoms with Crippen LogP contribution in [0.1, 0.15) is 22.0 Å². The molecule has 1 aliphatic rings. The summed E-state index contributed by atoms with van der Waals surface area (Å²) in [5.41, 5.74) is 2.82. The first kappa shape index (κ1) is 16.7. The summed E-state index contributed by atoms with van der Waals surface area (Å²) in [4.78, 5) is 15.1. The summed E-state index contributed by atoms with van der Waals surface area (Å²) in [6.07, 6.45) is 1.82. The first-order valence-corrected chi connectivity index (χ1v) is 8.76. The fraction of sp³-hybridized carbons (Fsp3) is 0.286. The van der Waals surface area contributed by atoms with E-state index in [-0.39, 0.29) is 12.0 Å². The smallest absolute Gasteiger partial charge is 0.256 e. The van der Waals surface area contributed by atoms with E-state index in [1.807, 2.05) is 71.2 Å². The van der Waals surface area contributed by atoms with E-state index in [4.69, 9.17) is 9.47 Å². The highest BCUT2D eigenvalue weighted by atomic mass is 16.5. The van der Waals surface area contributed by atoms with E-state index in [1.54, 1.807) is 7.11 Å². The fourth-order valence-electron chi connectivity index (χ4n) is 3.54. The number of fused-ring (bicyclic) bond motifs is 1. The maximum absolute atomic E-state index is 13.2. The largest absolute Gasteiger partial charge is 0.497 e. The van der Waals surface area contributed by atoms with Crippen LogP contribution < -0.4 is 4.74 Å². The molecular weight excluding hydrogens is 328 g/mol. The minimum absolute atomic E-state index is 0.0353. The molecule has 1 saturated heterocycles. The Hall–Kier alpha value is -2.79. The molecule has 2 heterocycles. The summed E-state index contributed by atoms with van der Waals surface area (Å²) in [6.45, 7) is 1.70. The number of carbonyl (C=O) groups is 1. The van der Waals surface area contributed by atoms with Gasteiger partial charge in [0.25, 0.3) is 5.91 Å². The van der Waals surface area contributed by atoms with Crippen molar-refractivity contribution in [2.24, 2.45) is 7.05 Å². The summed E-state index contributed by atoms with van der Waals surface area (Å²) < 4.78 is 13.2. The maximum Gasteiger partial charge on any atom is 0.256 e. The molecule has 0 radical (unpaired) electrons. The number of hydrogen-bond donors (Lipinski definition) is 0. The van der Waals surface area contributed by atoms with E-state index in [9.17, 15) is 4.79 Å². The monoisotopic (exact) mass is 350 g/mol. The first-order chi connectivity index (χ1) is 12.7. The number of methoxy groups -OCH3 is 1. The first-order valence-electron chi connectivity index (χ1n) is 8.76. The number of aryl methyl sites for hydroxylation is 1. The number of amides is 1. The van der Waals surface area contributed by atoms with Gasteiger partial charge < -0.3 is 18.9 Å². The molecule has 5 nitrogen and oxygen atoms in total. The number of ether oxygens (including phenoxy) is 2. The van der Waals surface area contributed by atoms with E-state index in [0.29, 0.717) is 25.3 Å². The van der Waals surface area contributed by atoms with Crippen LogP contribution >= 0.6 is 0 Å². The van der Waals surface area contributed by atoms with Gasteiger partial charge in [-0.05, 0) is 23.8 Å². The molecule has 1 unspecified atom stereocenters. The van der Waals surface area contributed by atoms with Gasteiger partial charge in [-0.15, -0.1) is 0 Å². The van der Waals surface area contributed by atoms with Crippen LogP contribution in [0.3, 0.4) is 0 Å². The molecule has 0 N–H and O–H groups in total. The highest BCUT2D eigenvalue weighted by molar-refractivity contribution is 6.07. The molecule has 5 heteroatoms. The second-order valence-electron chi connectivity index (χ2n) is 6.56. The van der Waals surface area contributed by atoms with Crippen LogP contribution in [0.2, 0.25) is 0 Å². The molecule has 0 aliphatic carbocycles. The van der Waals surface area contributed by atoms with Crippen LogP contribution in [0.15, 0.2) is 54.7 Å². The lowest BCUT2D eigenvalue weighted by Crippen LogP contribution is -2.42. The van der Waals surface area contributed by atoms with Crippen molar-refractivity contribution >= 4 is 16.8 Å². The van der Waals surface area contributed by atoms with Gasteiger partial charge >= 0.3 is 0 Å². The number of nitrogens with zero attached hydrogens (tertiary/aromatic N) is 2. The molecule has 1 amide bonds. The summed E-state index contributed by atoms with van der Waals surface area (Å²) in [5, 5.41) is 0.916. The molecule has 1 aliphatic heterocycles. The molecule has 134 valence electrons. The molecule has 4 rings (SSSR count). The average Bonchev–Trinajstić information content (AvgIpc) is 3.04. The van der Waals surface area contributed by atoms with Gasteiger partial charge in [-0.25, -0.2) is 0 Å². The van der Waals surface area contributed by atoms with Crippen molar-refractivity contribution < 1.29 is 14.3 Å². The molecule has 26 heavy (non-hydrogen) atoms. The Morgan fingerprint density at radius 1 is 1.19 bits per heavy atom. The van der Waals surface area contributed by atoms with Crippen LogP contribution in [-0.2, 0) is 11.8 Å². The number of benzene rings is 2. The highest BCUT2D eigenvalue weighted by Crippen LogP contribution is 2.28. The third kappa shape index (κ3) is 2.95. The van der Waals surface area contributed by atoms with E-state index >= 15 is 0 Å². The van der Waals surface area contributed by atoms with Gasteiger partial charge in [0, 0.05) is 30.7 Å². The SMILES string of the molecule is COc1ccc2c(c1)c(C(=O)N1CCOC(c3ccccc3)C1)cn2C. The van der Waals surface area contributed by atoms with Crippen LogP contribution in [0.4, 0.5) is 0 Å². The van der Waals surface area contributed by atoms with Gasteiger partial charge in [0.15, 0.2) is 0 Å². The Morgan fingerprint density at radius 2 is 2.00 bits per heavy atom. The van der Waals surface area contributed by atoms with Gasteiger partial charge in [0.05, 0.1) is 25.8 Å². The molecule has 0 saturated carbocycles. The van der Waals surface area contributed by atoms with Crippen LogP contribution in [-0.4, -0.2) is 42.2 Å². The third-order valence-electron chi connectivity index (χ3n) is 4.95. The maximum atomic E-state index is 13.2. The molecule has 0 spiro atoms. The number of carbonyl (C=O) groups excluding carboxylic acids is 1. The minimum Gasteiger partial charge on any atom is -0.497 e. The summed E-state index contributed by atoms with van der Waals surface area (Å²) in [6, 6.07) is 15.9. The highest BCUT2D eigenvalue weighted by Gasteiger charge is 2.27. The van der Waals surface area contributed by atoms with Crippen molar-refractivity contribution in [1.82, 2.24) is 9.47 Å². The Labute approximate surface area is 152 Å². The van der Waals surface area contributed by atoms with E-state index < -0.39 is 0 Å². The second-order valence-corrected chi connectivity index (χ2v) is 6.56. The molecule has 2 aromatic carbocycles. The predicted molar refractivity (Wildman–Crippen MR) is 101 cm³/mol. The van der Waals surface area contributed by atoms with Gasteiger partial charge in [-0.2, -0.15) is 0 Å². The zero-order chi connectivity index (χ0) is 18.1. The lowest BCUT2D eigenvalue weighted by molar-refractivity contribution is -0.0227. The van der Waals surface area contributed by atoms with Gasteiger partial charge in [-0.3, -0.25) is 4.79 Å². The molecule has 1 aromatic heterocycles. The molecular formula is C21H22N2O3. The second kappa shape index (κ2) is 6.84. The lowest BCUT2D eigenvalue weighted by atomic mass is 10.1. The predicted octanol–water partition coefficient (Wildman–Crippen LogP) is 3.40. The van der Waals surface area contributed by atoms with Crippen molar-refractivity contribution in [1.29, 1.82) is 0 Å². The number of aromatic nitrogens is 1. The zero-order valence-electron chi connectivity index (χ0n) is 15.0. The van der Waals surface area contributed by atoms with Crippen LogP contribution in [0, 0.1) is 0 Å². The van der Waals surface area contributed by atoms with E-state index in [0.717, 1.165) is 22.2 Å². The van der Waals surface area contributed by atoms with Crippen molar-refractivity contribution in [3.63, 3.8) is 0 Å². The number of morpholine rings is 1. The summed E-state index contributed by atoms with van der Waals surface area (Å²) in [7, 11) is 3.59. The average molecular weight is 350 g/mol. The number of rotatable bonds is 3. The Kier molecular flexibility index (Phi) is 4.39. The standard InChI is InChI=1S/C21H22N2O3/c1-22-13-18(17-12-16(25-2)8-9-19(17)22)21(24)23-10-11-26-20(14-23)15-6-4-3-5-7-15/h3-9,12-13,20H,10-11,14H2,1-2H3. The Balaban J connectivity index is 1.64. The Morgan fingerprint density at radius 3 is 2.77 bits per heavy atom. The van der Waals surface area contributed by atoms with E-state index in [2.05, 4.69) is 0 Å². The van der Waals surface area contributed by atoms with E-state index in [1.165, 1.54) is 0 Å². The quantitative estimate of drug-likeness (QED) is 0.727. The molecule has 3 aromatic rings. The van der Waals surface area contributed by atoms with Crippen molar-refractivity contribution in [2.75, 3.05) is 26.8 Å². The van der Waals surface area contributed by atoms with Crippen molar-refractivity contribution in [2.45, 2.75) is 6.10 Å². The molecule has 1 fully saturated rings. The van der Waals surface area contributed by atoms with Gasteiger partial charge in [0.2, 0.25) is 0 Å². The zero-order valence-corrected chi connectivity index (χ0v) is 15.0. The van der Waals surface area contributed by atoms with Crippen LogP contribution in [0.25, 0.3) is 10.9 Å². The van der Waals surface area contributed by atoms with Crippen molar-refractivity contribution in [3.8, 4) is 5.75 Å². The lowest BCUT2D eigenvalue weighted by Gasteiger charge is -2.33. The van der Waals surface area contributed by atoms with Crippen molar-refractivity contribution in [3.05, 3.63) is 65.9 Å². The van der Waals surface area contributed by atoms with Crippen LogP contribution in [0.5, 0.6) is 5.75 Å². The topological polar surface area (TPSA) is 43.7 Å².